The Morgan fingerprint density at radius 1 is 0.958 bits per heavy atom. The van der Waals surface area contributed by atoms with Crippen molar-refractivity contribution in [3.63, 3.8) is 0 Å². The predicted octanol–water partition coefficient (Wildman–Crippen LogP) is 4.07. The highest BCUT2D eigenvalue weighted by molar-refractivity contribution is 5.99. The van der Waals surface area contributed by atoms with E-state index in [1.165, 1.54) is 5.56 Å². The Bertz CT molecular complexity index is 820. The first-order valence-corrected chi connectivity index (χ1v) is 8.19. The van der Waals surface area contributed by atoms with Crippen molar-refractivity contribution in [2.24, 2.45) is 0 Å². The molecule has 3 aromatic rings. The minimum absolute atomic E-state index is 0.126. The van der Waals surface area contributed by atoms with Gasteiger partial charge >= 0.3 is 0 Å². The molecule has 0 atom stereocenters. The minimum atomic E-state index is 0.126. The van der Waals surface area contributed by atoms with Crippen LogP contribution in [0, 0.1) is 13.8 Å². The smallest absolute Gasteiger partial charge is 0.178 e. The van der Waals surface area contributed by atoms with Crippen LogP contribution in [-0.4, -0.2) is 16.9 Å². The second-order valence-corrected chi connectivity index (χ2v) is 5.97. The third-order valence-corrected chi connectivity index (χ3v) is 4.20. The summed E-state index contributed by atoms with van der Waals surface area (Å²) in [6, 6.07) is 22.2. The number of hydrogen-bond donors (Lipinski definition) is 1. The molecule has 0 saturated carbocycles. The number of aryl methyl sites for hydroxylation is 1. The molecule has 0 aliphatic heterocycles. The fraction of sp³-hybridized carbons (Fsp3) is 0.190. The normalized spacial score (nSPS) is 10.8. The van der Waals surface area contributed by atoms with Gasteiger partial charge in [0, 0.05) is 29.2 Å². The summed E-state index contributed by atoms with van der Waals surface area (Å²) in [5.41, 5.74) is 5.12. The number of nitrogens with one attached hydrogen (secondary N) is 1. The highest BCUT2D eigenvalue weighted by atomic mass is 16.1. The Morgan fingerprint density at radius 2 is 1.58 bits per heavy atom. The first-order valence-electron chi connectivity index (χ1n) is 8.19. The van der Waals surface area contributed by atoms with E-state index in [2.05, 4.69) is 34.1 Å². The van der Waals surface area contributed by atoms with E-state index in [0.29, 0.717) is 13.1 Å². The molecule has 0 bridgehead atoms. The standard InChI is InChI=1S/C21H22N2O/c1-16-13-20(17(2)23(16)19-11-7-4-8-12-19)21(24)15-22-14-18-9-5-3-6-10-18/h3-13,22H,14-15H2,1-2H3. The fourth-order valence-electron chi connectivity index (χ4n) is 3.03. The van der Waals surface area contributed by atoms with Crippen LogP contribution in [0.25, 0.3) is 5.69 Å². The summed E-state index contributed by atoms with van der Waals surface area (Å²) in [5.74, 6) is 0.126. The molecule has 0 amide bonds. The number of rotatable bonds is 6. The summed E-state index contributed by atoms with van der Waals surface area (Å²) >= 11 is 0. The fourth-order valence-corrected chi connectivity index (χ4v) is 3.03. The zero-order chi connectivity index (χ0) is 16.9. The lowest BCUT2D eigenvalue weighted by atomic mass is 10.1. The molecule has 0 radical (unpaired) electrons. The van der Waals surface area contributed by atoms with Crippen molar-refractivity contribution in [1.82, 2.24) is 9.88 Å². The second-order valence-electron chi connectivity index (χ2n) is 5.97. The molecule has 1 heterocycles. The van der Waals surface area contributed by atoms with E-state index in [1.54, 1.807) is 0 Å². The Morgan fingerprint density at radius 3 is 2.25 bits per heavy atom. The maximum atomic E-state index is 12.6. The quantitative estimate of drug-likeness (QED) is 0.695. The van der Waals surface area contributed by atoms with E-state index in [-0.39, 0.29) is 5.78 Å². The number of aromatic nitrogens is 1. The average Bonchev–Trinajstić information content (AvgIpc) is 2.91. The lowest BCUT2D eigenvalue weighted by Crippen LogP contribution is -2.23. The van der Waals surface area contributed by atoms with Gasteiger partial charge in [0.25, 0.3) is 0 Å². The monoisotopic (exact) mass is 318 g/mol. The molecule has 0 aliphatic carbocycles. The number of nitrogens with zero attached hydrogens (tertiary/aromatic N) is 1. The molecule has 1 N–H and O–H groups in total. The van der Waals surface area contributed by atoms with Crippen molar-refractivity contribution in [2.75, 3.05) is 6.54 Å². The van der Waals surface area contributed by atoms with Crippen LogP contribution in [0.1, 0.15) is 27.3 Å². The van der Waals surface area contributed by atoms with E-state index >= 15 is 0 Å². The number of hydrogen-bond acceptors (Lipinski definition) is 2. The van der Waals surface area contributed by atoms with Gasteiger partial charge in [-0.25, -0.2) is 0 Å². The van der Waals surface area contributed by atoms with Crippen LogP contribution in [0.3, 0.4) is 0 Å². The molecule has 0 unspecified atom stereocenters. The van der Waals surface area contributed by atoms with Gasteiger partial charge in [0.15, 0.2) is 5.78 Å². The van der Waals surface area contributed by atoms with Gasteiger partial charge in [-0.2, -0.15) is 0 Å². The van der Waals surface area contributed by atoms with E-state index < -0.39 is 0 Å². The van der Waals surface area contributed by atoms with E-state index in [0.717, 1.165) is 22.6 Å². The molecular formula is C21H22N2O. The van der Waals surface area contributed by atoms with Crippen LogP contribution in [0.4, 0.5) is 0 Å². The summed E-state index contributed by atoms with van der Waals surface area (Å²) in [5, 5.41) is 3.24. The van der Waals surface area contributed by atoms with Crippen LogP contribution in [0.5, 0.6) is 0 Å². The van der Waals surface area contributed by atoms with Gasteiger partial charge in [-0.05, 0) is 37.6 Å². The molecule has 0 aliphatic rings. The van der Waals surface area contributed by atoms with E-state index in [4.69, 9.17) is 0 Å². The van der Waals surface area contributed by atoms with Crippen molar-refractivity contribution in [1.29, 1.82) is 0 Å². The first kappa shape index (κ1) is 16.2. The number of carbonyl (C=O) groups excluding carboxylic acids is 1. The van der Waals surface area contributed by atoms with Crippen LogP contribution in [0.15, 0.2) is 66.7 Å². The molecule has 122 valence electrons. The van der Waals surface area contributed by atoms with Gasteiger partial charge in [0.1, 0.15) is 0 Å². The molecular weight excluding hydrogens is 296 g/mol. The first-order chi connectivity index (χ1) is 11.7. The molecule has 24 heavy (non-hydrogen) atoms. The molecule has 3 nitrogen and oxygen atoms in total. The van der Waals surface area contributed by atoms with Crippen LogP contribution >= 0.6 is 0 Å². The number of carbonyl (C=O) groups is 1. The predicted molar refractivity (Wildman–Crippen MR) is 97.7 cm³/mol. The number of benzene rings is 2. The second kappa shape index (κ2) is 7.28. The third kappa shape index (κ3) is 3.47. The van der Waals surface area contributed by atoms with Crippen LogP contribution in [-0.2, 0) is 6.54 Å². The van der Waals surface area contributed by atoms with Crippen LogP contribution < -0.4 is 5.32 Å². The number of ketones is 1. The SMILES string of the molecule is Cc1cc(C(=O)CNCc2ccccc2)c(C)n1-c1ccccc1. The summed E-state index contributed by atoms with van der Waals surface area (Å²) in [4.78, 5) is 12.6. The lowest BCUT2D eigenvalue weighted by Gasteiger charge is -2.09. The Hall–Kier alpha value is -2.65. The summed E-state index contributed by atoms with van der Waals surface area (Å²) in [6.07, 6.45) is 0. The summed E-state index contributed by atoms with van der Waals surface area (Å²) in [6.45, 7) is 5.08. The van der Waals surface area contributed by atoms with Gasteiger partial charge in [0.2, 0.25) is 0 Å². The molecule has 0 spiro atoms. The van der Waals surface area contributed by atoms with Gasteiger partial charge in [0.05, 0.1) is 6.54 Å². The average molecular weight is 318 g/mol. The molecule has 3 heteroatoms. The topological polar surface area (TPSA) is 34.0 Å². The van der Waals surface area contributed by atoms with Crippen molar-refractivity contribution in [3.8, 4) is 5.69 Å². The van der Waals surface area contributed by atoms with Crippen molar-refractivity contribution in [2.45, 2.75) is 20.4 Å². The minimum Gasteiger partial charge on any atom is -0.318 e. The molecule has 0 saturated heterocycles. The molecule has 2 aromatic carbocycles. The van der Waals surface area contributed by atoms with Crippen molar-refractivity contribution < 1.29 is 4.79 Å². The highest BCUT2D eigenvalue weighted by Gasteiger charge is 2.16. The Labute approximate surface area is 143 Å². The Balaban J connectivity index is 1.72. The van der Waals surface area contributed by atoms with Crippen molar-refractivity contribution in [3.05, 3.63) is 89.2 Å². The Kier molecular flexibility index (Phi) is 4.92. The maximum absolute atomic E-state index is 12.6. The van der Waals surface area contributed by atoms with Crippen molar-refractivity contribution >= 4 is 5.78 Å². The molecule has 3 rings (SSSR count). The van der Waals surface area contributed by atoms with Crippen LogP contribution in [0.2, 0.25) is 0 Å². The molecule has 1 aromatic heterocycles. The largest absolute Gasteiger partial charge is 0.318 e. The molecule has 0 fully saturated rings. The number of para-hydroxylation sites is 1. The summed E-state index contributed by atoms with van der Waals surface area (Å²) in [7, 11) is 0. The van der Waals surface area contributed by atoms with Gasteiger partial charge < -0.3 is 9.88 Å². The summed E-state index contributed by atoms with van der Waals surface area (Å²) < 4.78 is 2.13. The van der Waals surface area contributed by atoms with Gasteiger partial charge in [-0.3, -0.25) is 4.79 Å². The van der Waals surface area contributed by atoms with Gasteiger partial charge in [-0.15, -0.1) is 0 Å². The zero-order valence-electron chi connectivity index (χ0n) is 14.1. The maximum Gasteiger partial charge on any atom is 0.178 e. The zero-order valence-corrected chi connectivity index (χ0v) is 14.1. The third-order valence-electron chi connectivity index (χ3n) is 4.20. The van der Waals surface area contributed by atoms with Gasteiger partial charge in [-0.1, -0.05) is 48.5 Å². The number of Topliss-reactive ketones (excluding diaryl/α,β-unsaturated/α-hetero) is 1. The van der Waals surface area contributed by atoms with E-state index in [9.17, 15) is 4.79 Å². The van der Waals surface area contributed by atoms with E-state index in [1.807, 2.05) is 56.3 Å². The highest BCUT2D eigenvalue weighted by Crippen LogP contribution is 2.20. The lowest BCUT2D eigenvalue weighted by molar-refractivity contribution is 0.0990.